The second-order valence-corrected chi connectivity index (χ2v) is 7.24. The average Bonchev–Trinajstić information content (AvgIpc) is 3.47. The molecular weight excluding hydrogens is 358 g/mol. The average molecular weight is 383 g/mol. The second-order valence-electron chi connectivity index (χ2n) is 7.24. The number of hydrogen-bond donors (Lipinski definition) is 5. The fourth-order valence-corrected chi connectivity index (χ4v) is 2.56. The number of nitrogens with one attached hydrogen (secondary N) is 3. The minimum absolute atomic E-state index is 0.169. The monoisotopic (exact) mass is 383 g/mol. The molecule has 3 atom stereocenters. The lowest BCUT2D eigenvalue weighted by Gasteiger charge is -2.32. The summed E-state index contributed by atoms with van der Waals surface area (Å²) in [6.07, 6.45) is 0.925. The van der Waals surface area contributed by atoms with Crippen LogP contribution in [0.2, 0.25) is 0 Å². The third-order valence-corrected chi connectivity index (χ3v) is 4.84. The van der Waals surface area contributed by atoms with Crippen LogP contribution in [0.25, 0.3) is 0 Å². The van der Waals surface area contributed by atoms with Crippen LogP contribution >= 0.6 is 0 Å². The Hall–Kier alpha value is -2.84. The molecule has 2 rings (SSSR count). The number of rotatable bonds is 6. The lowest BCUT2D eigenvalue weighted by atomic mass is 9.93. The lowest BCUT2D eigenvalue weighted by molar-refractivity contribution is -0.132. The highest BCUT2D eigenvalue weighted by atomic mass is 16.5. The highest BCUT2D eigenvalue weighted by Crippen LogP contribution is 2.36. The Labute approximate surface area is 164 Å². The Bertz CT molecular complexity index is 840. The van der Waals surface area contributed by atoms with Crippen LogP contribution in [0.3, 0.4) is 0 Å². The van der Waals surface area contributed by atoms with Gasteiger partial charge in [0, 0.05) is 29.2 Å². The molecule has 2 amide bonds. The molecule has 0 bridgehead atoms. The van der Waals surface area contributed by atoms with Crippen LogP contribution in [0.4, 0.5) is 0 Å². The molecule has 1 aliphatic carbocycles. The Balaban J connectivity index is 2.02. The first-order valence-electron chi connectivity index (χ1n) is 8.98. The molecule has 7 heteroatoms. The van der Waals surface area contributed by atoms with Gasteiger partial charge in [-0.15, -0.1) is 0 Å². The van der Waals surface area contributed by atoms with Crippen LogP contribution < -0.4 is 16.1 Å². The van der Waals surface area contributed by atoms with Gasteiger partial charge >= 0.3 is 0 Å². The molecular formula is C21H25N3O4. The maximum atomic E-state index is 12.5. The van der Waals surface area contributed by atoms with E-state index in [-0.39, 0.29) is 18.4 Å². The van der Waals surface area contributed by atoms with E-state index in [1.165, 1.54) is 0 Å². The summed E-state index contributed by atoms with van der Waals surface area (Å²) in [5, 5.41) is 23.5. The Morgan fingerprint density at radius 1 is 1.25 bits per heavy atom. The lowest BCUT2D eigenvalue weighted by Crippen LogP contribution is -2.62. The second kappa shape index (κ2) is 9.38. The number of amides is 2. The van der Waals surface area contributed by atoms with Crippen molar-refractivity contribution in [3.05, 3.63) is 35.4 Å². The van der Waals surface area contributed by atoms with Crippen molar-refractivity contribution < 1.29 is 19.9 Å². The zero-order valence-electron chi connectivity index (χ0n) is 16.2. The van der Waals surface area contributed by atoms with Crippen molar-refractivity contribution in [2.45, 2.75) is 31.8 Å². The predicted molar refractivity (Wildman–Crippen MR) is 104 cm³/mol. The molecule has 28 heavy (non-hydrogen) atoms. The number of carbonyl (C=O) groups is 2. The van der Waals surface area contributed by atoms with Crippen LogP contribution in [-0.2, 0) is 4.79 Å². The first kappa shape index (κ1) is 21.5. The standard InChI is InChI=1S/C21H25N3O4/c1-21(2,22-3)18(20(27)24-28)23-19(26)15-10-8-14(9-11-15)6-4-5-7-16-12-17(16)13-25/h8-11,16-18,22,25,28H,12-13H2,1-3H3,(H,23,26)(H,24,27)/t16?,17?,18-/m1/s1. The van der Waals surface area contributed by atoms with Gasteiger partial charge < -0.3 is 15.7 Å². The van der Waals surface area contributed by atoms with Crippen molar-refractivity contribution in [1.82, 2.24) is 16.1 Å². The molecule has 0 saturated heterocycles. The number of likely N-dealkylation sites (N-methyl/N-ethyl adjacent to an activating group) is 1. The molecule has 1 saturated carbocycles. The number of benzene rings is 1. The highest BCUT2D eigenvalue weighted by molar-refractivity contribution is 5.97. The number of aliphatic hydroxyl groups is 1. The highest BCUT2D eigenvalue weighted by Gasteiger charge is 2.35. The van der Waals surface area contributed by atoms with Crippen molar-refractivity contribution in [3.8, 4) is 23.7 Å². The summed E-state index contributed by atoms with van der Waals surface area (Å²) >= 11 is 0. The summed E-state index contributed by atoms with van der Waals surface area (Å²) in [6.45, 7) is 3.64. The summed E-state index contributed by atoms with van der Waals surface area (Å²) < 4.78 is 0. The molecule has 1 aliphatic rings. The van der Waals surface area contributed by atoms with Gasteiger partial charge in [0.2, 0.25) is 0 Å². The summed E-state index contributed by atoms with van der Waals surface area (Å²) in [5.74, 6) is 10.8. The molecule has 2 unspecified atom stereocenters. The molecule has 5 N–H and O–H groups in total. The van der Waals surface area contributed by atoms with Crippen molar-refractivity contribution >= 4 is 11.8 Å². The van der Waals surface area contributed by atoms with E-state index in [1.54, 1.807) is 50.6 Å². The Kier molecular flexibility index (Phi) is 7.19. The van der Waals surface area contributed by atoms with Gasteiger partial charge in [0.1, 0.15) is 6.04 Å². The van der Waals surface area contributed by atoms with E-state index in [0.717, 1.165) is 6.42 Å². The van der Waals surface area contributed by atoms with Crippen molar-refractivity contribution in [2.24, 2.45) is 11.8 Å². The molecule has 0 aliphatic heterocycles. The number of hydroxylamine groups is 1. The maximum Gasteiger partial charge on any atom is 0.267 e. The minimum atomic E-state index is -0.977. The predicted octanol–water partition coefficient (Wildman–Crippen LogP) is 0.272. The van der Waals surface area contributed by atoms with E-state index < -0.39 is 23.4 Å². The van der Waals surface area contributed by atoms with E-state index in [2.05, 4.69) is 34.3 Å². The molecule has 0 radical (unpaired) electrons. The zero-order valence-corrected chi connectivity index (χ0v) is 16.2. The fourth-order valence-electron chi connectivity index (χ4n) is 2.56. The SMILES string of the molecule is CNC(C)(C)[C@H](NC(=O)c1ccc(C#CC#CC2CC2CO)cc1)C(=O)NO. The Morgan fingerprint density at radius 3 is 2.46 bits per heavy atom. The van der Waals surface area contributed by atoms with Crippen LogP contribution in [0.1, 0.15) is 36.2 Å². The van der Waals surface area contributed by atoms with Crippen LogP contribution in [0, 0.1) is 35.5 Å². The summed E-state index contributed by atoms with van der Waals surface area (Å²) in [6, 6.07) is 5.63. The van der Waals surface area contributed by atoms with Gasteiger partial charge in [0.15, 0.2) is 0 Å². The third kappa shape index (κ3) is 5.58. The minimum Gasteiger partial charge on any atom is -0.396 e. The largest absolute Gasteiger partial charge is 0.396 e. The normalized spacial score (nSPS) is 18.6. The molecule has 1 aromatic rings. The fraction of sp³-hybridized carbons (Fsp3) is 0.429. The number of aliphatic hydroxyl groups excluding tert-OH is 1. The first-order chi connectivity index (χ1) is 13.3. The van der Waals surface area contributed by atoms with Gasteiger partial charge in [0.05, 0.1) is 0 Å². The van der Waals surface area contributed by atoms with Crippen LogP contribution in [0.5, 0.6) is 0 Å². The van der Waals surface area contributed by atoms with Crippen molar-refractivity contribution in [1.29, 1.82) is 0 Å². The van der Waals surface area contributed by atoms with E-state index in [1.807, 2.05) is 0 Å². The van der Waals surface area contributed by atoms with E-state index >= 15 is 0 Å². The van der Waals surface area contributed by atoms with Gasteiger partial charge in [-0.1, -0.05) is 11.8 Å². The smallest absolute Gasteiger partial charge is 0.267 e. The number of hydrogen-bond acceptors (Lipinski definition) is 5. The van der Waals surface area contributed by atoms with Gasteiger partial charge in [-0.05, 0) is 69.3 Å². The van der Waals surface area contributed by atoms with Crippen molar-refractivity contribution in [2.75, 3.05) is 13.7 Å². The van der Waals surface area contributed by atoms with Gasteiger partial charge in [-0.2, -0.15) is 0 Å². The van der Waals surface area contributed by atoms with Crippen LogP contribution in [-0.4, -0.2) is 47.4 Å². The van der Waals surface area contributed by atoms with Gasteiger partial charge in [-0.3, -0.25) is 14.8 Å². The molecule has 1 aromatic carbocycles. The van der Waals surface area contributed by atoms with Gasteiger partial charge in [-0.25, -0.2) is 5.48 Å². The molecule has 7 nitrogen and oxygen atoms in total. The molecule has 148 valence electrons. The van der Waals surface area contributed by atoms with Crippen LogP contribution in [0.15, 0.2) is 24.3 Å². The molecule has 0 aromatic heterocycles. The quantitative estimate of drug-likeness (QED) is 0.275. The summed E-state index contributed by atoms with van der Waals surface area (Å²) in [5.41, 5.74) is 1.88. The molecule has 0 spiro atoms. The summed E-state index contributed by atoms with van der Waals surface area (Å²) in [7, 11) is 1.66. The zero-order chi connectivity index (χ0) is 20.7. The third-order valence-electron chi connectivity index (χ3n) is 4.84. The summed E-state index contributed by atoms with van der Waals surface area (Å²) in [4.78, 5) is 24.4. The first-order valence-corrected chi connectivity index (χ1v) is 8.98. The maximum absolute atomic E-state index is 12.5. The molecule has 0 heterocycles. The van der Waals surface area contributed by atoms with E-state index in [9.17, 15) is 9.59 Å². The number of carbonyl (C=O) groups excluding carboxylic acids is 2. The van der Waals surface area contributed by atoms with Crippen molar-refractivity contribution in [3.63, 3.8) is 0 Å². The topological polar surface area (TPSA) is 111 Å². The van der Waals surface area contributed by atoms with E-state index in [4.69, 9.17) is 10.3 Å². The van der Waals surface area contributed by atoms with Gasteiger partial charge in [0.25, 0.3) is 11.8 Å². The molecule has 1 fully saturated rings. The van der Waals surface area contributed by atoms with E-state index in [0.29, 0.717) is 11.1 Å². The Morgan fingerprint density at radius 2 is 1.93 bits per heavy atom.